The van der Waals surface area contributed by atoms with E-state index in [4.69, 9.17) is 4.74 Å². The number of benzene rings is 2. The van der Waals surface area contributed by atoms with Gasteiger partial charge in [0, 0.05) is 0 Å². The highest BCUT2D eigenvalue weighted by Gasteiger charge is 2.68. The average molecular weight is 460 g/mol. The molecule has 1 atom stereocenters. The Bertz CT molecular complexity index is 1380. The number of fused-ring (bicyclic) bond motifs is 1. The largest absolute Gasteiger partial charge is 0.496 e. The summed E-state index contributed by atoms with van der Waals surface area (Å²) in [5, 5.41) is 3.64. The van der Waals surface area contributed by atoms with Gasteiger partial charge in [-0.3, -0.25) is 19.4 Å². The van der Waals surface area contributed by atoms with E-state index in [-0.39, 0.29) is 17.0 Å². The predicted octanol–water partition coefficient (Wildman–Crippen LogP) is 1.67. The van der Waals surface area contributed by atoms with Crippen molar-refractivity contribution in [3.63, 3.8) is 0 Å². The molecule has 0 aliphatic carbocycles. The second-order valence-corrected chi connectivity index (χ2v) is 7.01. The van der Waals surface area contributed by atoms with Crippen LogP contribution in [-0.2, 0) is 10.3 Å². The number of halogens is 3. The van der Waals surface area contributed by atoms with Crippen LogP contribution >= 0.6 is 0 Å². The molecular formula is C21H15F3N4O5. The lowest BCUT2D eigenvalue weighted by Gasteiger charge is -2.30. The third kappa shape index (κ3) is 3.26. The van der Waals surface area contributed by atoms with E-state index in [1.54, 1.807) is 16.4 Å². The van der Waals surface area contributed by atoms with Gasteiger partial charge in [0.15, 0.2) is 0 Å². The molecule has 1 aromatic heterocycles. The summed E-state index contributed by atoms with van der Waals surface area (Å²) < 4.78 is 49.1. The van der Waals surface area contributed by atoms with Crippen LogP contribution in [0.2, 0.25) is 0 Å². The Morgan fingerprint density at radius 2 is 1.67 bits per heavy atom. The molecule has 3 N–H and O–H groups in total. The lowest BCUT2D eigenvalue weighted by Crippen LogP contribution is -2.62. The van der Waals surface area contributed by atoms with Gasteiger partial charge in [-0.15, -0.1) is 0 Å². The second kappa shape index (κ2) is 7.65. The SMILES string of the molecule is COc1ccccc1C(=O)N[C@@]1(C(F)(F)F)C(=O)Nc2c1c(=O)[nH]c(=O)n2-c1ccccc1. The van der Waals surface area contributed by atoms with Crippen LogP contribution in [0.4, 0.5) is 19.0 Å². The standard InChI is InChI=1S/C21H15F3N4O5/c1-33-13-10-6-5-9-12(13)16(29)27-20(21(22,23)24)14-15(25-18(20)31)28(19(32)26-17(14)30)11-7-3-2-4-8-11/h2-10H,1H3,(H,25,31)(H,27,29)(H,26,30,32)/t20-/m1/s1. The van der Waals surface area contributed by atoms with E-state index < -0.39 is 46.2 Å². The van der Waals surface area contributed by atoms with E-state index in [0.717, 1.165) is 4.57 Å². The molecule has 4 rings (SSSR count). The van der Waals surface area contributed by atoms with Crippen LogP contribution in [0.15, 0.2) is 64.2 Å². The Kier molecular flexibility index (Phi) is 5.07. The maximum Gasteiger partial charge on any atom is 0.425 e. The highest BCUT2D eigenvalue weighted by Crippen LogP contribution is 2.45. The molecule has 0 radical (unpaired) electrons. The highest BCUT2D eigenvalue weighted by molar-refractivity contribution is 6.10. The van der Waals surface area contributed by atoms with Crippen LogP contribution in [0.5, 0.6) is 5.75 Å². The first-order chi connectivity index (χ1) is 15.6. The second-order valence-electron chi connectivity index (χ2n) is 7.01. The normalized spacial score (nSPS) is 17.3. The van der Waals surface area contributed by atoms with Crippen LogP contribution < -0.4 is 26.6 Å². The molecule has 0 bridgehead atoms. The summed E-state index contributed by atoms with van der Waals surface area (Å²) in [5.74, 6) is -3.80. The number of nitrogens with one attached hydrogen (secondary N) is 3. The van der Waals surface area contributed by atoms with Gasteiger partial charge in [-0.05, 0) is 24.3 Å². The number of methoxy groups -OCH3 is 1. The van der Waals surface area contributed by atoms with Crippen molar-refractivity contribution < 1.29 is 27.5 Å². The van der Waals surface area contributed by atoms with Gasteiger partial charge >= 0.3 is 11.9 Å². The Balaban J connectivity index is 1.98. The van der Waals surface area contributed by atoms with Crippen molar-refractivity contribution in [3.05, 3.63) is 86.6 Å². The van der Waals surface area contributed by atoms with Gasteiger partial charge in [0.1, 0.15) is 17.1 Å². The minimum Gasteiger partial charge on any atom is -0.496 e. The molecule has 9 nitrogen and oxygen atoms in total. The lowest BCUT2D eigenvalue weighted by atomic mass is 9.91. The van der Waals surface area contributed by atoms with Gasteiger partial charge in [0.2, 0.25) is 0 Å². The quantitative estimate of drug-likeness (QED) is 0.547. The summed E-state index contributed by atoms with van der Waals surface area (Å²) in [4.78, 5) is 52.6. The highest BCUT2D eigenvalue weighted by atomic mass is 19.4. The number of carbonyl (C=O) groups is 2. The van der Waals surface area contributed by atoms with Crippen molar-refractivity contribution in [1.82, 2.24) is 14.9 Å². The van der Waals surface area contributed by atoms with Gasteiger partial charge in [-0.1, -0.05) is 30.3 Å². The first-order valence-electron chi connectivity index (χ1n) is 9.40. The number of rotatable bonds is 4. The maximum absolute atomic E-state index is 14.5. The average Bonchev–Trinajstić information content (AvgIpc) is 3.07. The number of para-hydroxylation sites is 2. The summed E-state index contributed by atoms with van der Waals surface area (Å²) in [6.45, 7) is 0. The summed E-state index contributed by atoms with van der Waals surface area (Å²) in [7, 11) is 1.21. The first kappa shape index (κ1) is 21.9. The third-order valence-electron chi connectivity index (χ3n) is 5.15. The number of nitrogens with zero attached hydrogens (tertiary/aromatic N) is 1. The topological polar surface area (TPSA) is 122 Å². The molecule has 1 aliphatic rings. The predicted molar refractivity (Wildman–Crippen MR) is 109 cm³/mol. The van der Waals surface area contributed by atoms with Crippen LogP contribution in [0.1, 0.15) is 15.9 Å². The minimum atomic E-state index is -5.45. The Morgan fingerprint density at radius 1 is 1.03 bits per heavy atom. The number of aromatic nitrogens is 2. The van der Waals surface area contributed by atoms with Gasteiger partial charge in [-0.25, -0.2) is 9.36 Å². The van der Waals surface area contributed by atoms with Crippen molar-refractivity contribution in [2.75, 3.05) is 12.4 Å². The van der Waals surface area contributed by atoms with Crippen molar-refractivity contribution in [1.29, 1.82) is 0 Å². The Morgan fingerprint density at radius 3 is 2.30 bits per heavy atom. The molecule has 3 aromatic rings. The van der Waals surface area contributed by atoms with E-state index >= 15 is 0 Å². The van der Waals surface area contributed by atoms with E-state index in [0.29, 0.717) is 0 Å². The molecule has 2 aromatic carbocycles. The fourth-order valence-corrected chi connectivity index (χ4v) is 3.67. The van der Waals surface area contributed by atoms with Crippen LogP contribution in [0.3, 0.4) is 0 Å². The number of anilines is 1. The molecule has 12 heteroatoms. The van der Waals surface area contributed by atoms with E-state index in [1.807, 2.05) is 5.32 Å². The molecule has 33 heavy (non-hydrogen) atoms. The Hall–Kier alpha value is -4.35. The number of carbonyl (C=O) groups excluding carboxylic acids is 2. The smallest absolute Gasteiger partial charge is 0.425 e. The monoisotopic (exact) mass is 460 g/mol. The number of hydrogen-bond donors (Lipinski definition) is 3. The summed E-state index contributed by atoms with van der Waals surface area (Å²) >= 11 is 0. The maximum atomic E-state index is 14.5. The van der Waals surface area contributed by atoms with Gasteiger partial charge in [0.25, 0.3) is 22.9 Å². The van der Waals surface area contributed by atoms with Crippen LogP contribution in [0, 0.1) is 0 Å². The molecule has 170 valence electrons. The molecule has 0 spiro atoms. The molecule has 2 amide bonds. The minimum absolute atomic E-state index is 0.0471. The van der Waals surface area contributed by atoms with Crippen LogP contribution in [-0.4, -0.2) is 34.7 Å². The number of ether oxygens (including phenoxy) is 1. The van der Waals surface area contributed by atoms with E-state index in [1.165, 1.54) is 55.6 Å². The molecular weight excluding hydrogens is 445 g/mol. The zero-order chi connectivity index (χ0) is 24.0. The Labute approximate surface area is 182 Å². The molecule has 0 saturated heterocycles. The number of amides is 2. The number of H-pyrrole nitrogens is 1. The molecule has 1 aliphatic heterocycles. The molecule has 2 heterocycles. The zero-order valence-corrected chi connectivity index (χ0v) is 16.8. The number of alkyl halides is 3. The van der Waals surface area contributed by atoms with Gasteiger partial charge in [-0.2, -0.15) is 13.2 Å². The fourth-order valence-electron chi connectivity index (χ4n) is 3.67. The summed E-state index contributed by atoms with van der Waals surface area (Å²) in [6, 6.07) is 12.8. The summed E-state index contributed by atoms with van der Waals surface area (Å²) in [5.41, 5.74) is -7.68. The van der Waals surface area contributed by atoms with Gasteiger partial charge in [0.05, 0.1) is 18.4 Å². The molecule has 0 fully saturated rings. The van der Waals surface area contributed by atoms with Crippen molar-refractivity contribution >= 4 is 17.6 Å². The fraction of sp³-hybridized carbons (Fsp3) is 0.143. The lowest BCUT2D eigenvalue weighted by molar-refractivity contribution is -0.196. The third-order valence-corrected chi connectivity index (χ3v) is 5.15. The summed E-state index contributed by atoms with van der Waals surface area (Å²) in [6.07, 6.45) is -5.45. The first-order valence-corrected chi connectivity index (χ1v) is 9.40. The van der Waals surface area contributed by atoms with Crippen molar-refractivity contribution in [2.24, 2.45) is 0 Å². The van der Waals surface area contributed by atoms with E-state index in [2.05, 4.69) is 0 Å². The van der Waals surface area contributed by atoms with E-state index in [9.17, 15) is 32.3 Å². The molecule has 0 saturated carbocycles. The van der Waals surface area contributed by atoms with Gasteiger partial charge < -0.3 is 15.4 Å². The molecule has 0 unspecified atom stereocenters. The van der Waals surface area contributed by atoms with Crippen molar-refractivity contribution in [3.8, 4) is 11.4 Å². The van der Waals surface area contributed by atoms with Crippen LogP contribution in [0.25, 0.3) is 5.69 Å². The van der Waals surface area contributed by atoms with Crippen molar-refractivity contribution in [2.45, 2.75) is 11.7 Å². The number of aromatic amines is 1. The number of hydrogen-bond acceptors (Lipinski definition) is 5. The zero-order valence-electron chi connectivity index (χ0n) is 16.8.